The van der Waals surface area contributed by atoms with E-state index in [1.54, 1.807) is 0 Å². The lowest BCUT2D eigenvalue weighted by molar-refractivity contribution is 0.145. The van der Waals surface area contributed by atoms with E-state index in [-0.39, 0.29) is 5.28 Å². The van der Waals surface area contributed by atoms with Gasteiger partial charge in [0.1, 0.15) is 0 Å². The van der Waals surface area contributed by atoms with Crippen molar-refractivity contribution in [2.75, 3.05) is 17.6 Å². The fraction of sp³-hybridized carbons (Fsp3) is 0.636. The maximum absolute atomic E-state index is 5.77. The first-order valence-electron chi connectivity index (χ1n) is 5.67. The van der Waals surface area contributed by atoms with Crippen molar-refractivity contribution in [1.82, 2.24) is 9.97 Å². The average molecular weight is 241 g/mol. The first-order valence-corrected chi connectivity index (χ1v) is 6.05. The Bertz CT molecular complexity index is 371. The highest BCUT2D eigenvalue weighted by Crippen LogP contribution is 2.43. The first kappa shape index (κ1) is 11.5. The standard InChI is InChI=1S/C11H17ClN4/c1-2-11(4-3-5-11)7-15-9-8(13)6-14-10(12)16-9/h6H,2-5,7,13H2,1H3,(H,14,15,16). The highest BCUT2D eigenvalue weighted by atomic mass is 35.5. The van der Waals surface area contributed by atoms with E-state index in [9.17, 15) is 0 Å². The Balaban J connectivity index is 2.01. The third-order valence-corrected chi connectivity index (χ3v) is 3.76. The van der Waals surface area contributed by atoms with Crippen LogP contribution in [0, 0.1) is 5.41 Å². The zero-order valence-electron chi connectivity index (χ0n) is 9.46. The predicted octanol–water partition coefficient (Wildman–Crippen LogP) is 2.70. The number of aromatic nitrogens is 2. The molecule has 1 heterocycles. The molecule has 1 aliphatic rings. The quantitative estimate of drug-likeness (QED) is 0.795. The maximum atomic E-state index is 5.77. The second-order valence-corrected chi connectivity index (χ2v) is 4.84. The predicted molar refractivity (Wildman–Crippen MR) is 66.5 cm³/mol. The van der Waals surface area contributed by atoms with Crippen LogP contribution in [0.25, 0.3) is 0 Å². The summed E-state index contributed by atoms with van der Waals surface area (Å²) in [6.07, 6.45) is 6.63. The second-order valence-electron chi connectivity index (χ2n) is 4.50. The zero-order valence-corrected chi connectivity index (χ0v) is 10.2. The third kappa shape index (κ3) is 2.21. The van der Waals surface area contributed by atoms with Crippen LogP contribution in [0.5, 0.6) is 0 Å². The lowest BCUT2D eigenvalue weighted by Gasteiger charge is -2.41. The summed E-state index contributed by atoms with van der Waals surface area (Å²) in [5.41, 5.74) is 6.76. The van der Waals surface area contributed by atoms with Crippen LogP contribution in [0.4, 0.5) is 11.5 Å². The number of hydrogen-bond donors (Lipinski definition) is 2. The molecule has 16 heavy (non-hydrogen) atoms. The summed E-state index contributed by atoms with van der Waals surface area (Å²) >= 11 is 5.73. The van der Waals surface area contributed by atoms with Gasteiger partial charge >= 0.3 is 0 Å². The normalized spacial score (nSPS) is 17.9. The minimum Gasteiger partial charge on any atom is -0.394 e. The van der Waals surface area contributed by atoms with Crippen molar-refractivity contribution >= 4 is 23.1 Å². The van der Waals surface area contributed by atoms with Crippen LogP contribution >= 0.6 is 11.6 Å². The number of halogens is 1. The minimum absolute atomic E-state index is 0.232. The number of rotatable bonds is 4. The van der Waals surface area contributed by atoms with Gasteiger partial charge in [0.25, 0.3) is 0 Å². The van der Waals surface area contributed by atoms with Crippen molar-refractivity contribution in [2.24, 2.45) is 5.41 Å². The molecule has 1 aromatic rings. The molecule has 0 unspecified atom stereocenters. The topological polar surface area (TPSA) is 63.8 Å². The van der Waals surface area contributed by atoms with E-state index in [1.165, 1.54) is 31.9 Å². The van der Waals surface area contributed by atoms with Gasteiger partial charge in [0.2, 0.25) is 5.28 Å². The van der Waals surface area contributed by atoms with Gasteiger partial charge in [-0.2, -0.15) is 4.98 Å². The Morgan fingerprint density at radius 2 is 2.31 bits per heavy atom. The molecule has 4 nitrogen and oxygen atoms in total. The van der Waals surface area contributed by atoms with Gasteiger partial charge in [-0.15, -0.1) is 0 Å². The van der Waals surface area contributed by atoms with Crippen LogP contribution in [-0.4, -0.2) is 16.5 Å². The Morgan fingerprint density at radius 1 is 1.56 bits per heavy atom. The summed E-state index contributed by atoms with van der Waals surface area (Å²) in [6.45, 7) is 3.15. The minimum atomic E-state index is 0.232. The molecule has 1 fully saturated rings. The monoisotopic (exact) mass is 240 g/mol. The van der Waals surface area contributed by atoms with Crippen molar-refractivity contribution in [3.63, 3.8) is 0 Å². The van der Waals surface area contributed by atoms with Gasteiger partial charge in [0.05, 0.1) is 11.9 Å². The fourth-order valence-corrected chi connectivity index (χ4v) is 2.25. The van der Waals surface area contributed by atoms with E-state index >= 15 is 0 Å². The van der Waals surface area contributed by atoms with Crippen LogP contribution in [0.3, 0.4) is 0 Å². The molecule has 1 saturated carbocycles. The Morgan fingerprint density at radius 3 is 2.88 bits per heavy atom. The second kappa shape index (κ2) is 4.45. The Hall–Kier alpha value is -1.03. The summed E-state index contributed by atoms with van der Waals surface area (Å²) in [5, 5.41) is 3.52. The smallest absolute Gasteiger partial charge is 0.224 e. The van der Waals surface area contributed by atoms with E-state index in [2.05, 4.69) is 22.2 Å². The SMILES string of the molecule is CCC1(CNc2nc(Cl)ncc2N)CCC1. The first-order chi connectivity index (χ1) is 7.65. The van der Waals surface area contributed by atoms with Crippen molar-refractivity contribution < 1.29 is 0 Å². The van der Waals surface area contributed by atoms with E-state index in [0.29, 0.717) is 16.9 Å². The molecule has 0 radical (unpaired) electrons. The molecule has 0 saturated heterocycles. The molecule has 1 aromatic heterocycles. The van der Waals surface area contributed by atoms with Crippen LogP contribution in [0.1, 0.15) is 32.6 Å². The van der Waals surface area contributed by atoms with Crippen LogP contribution < -0.4 is 11.1 Å². The van der Waals surface area contributed by atoms with E-state index in [4.69, 9.17) is 17.3 Å². The summed E-state index contributed by atoms with van der Waals surface area (Å²) in [4.78, 5) is 7.91. The molecular weight excluding hydrogens is 224 g/mol. The van der Waals surface area contributed by atoms with Crippen LogP contribution in [0.2, 0.25) is 5.28 Å². The van der Waals surface area contributed by atoms with Gasteiger partial charge in [0.15, 0.2) is 5.82 Å². The molecule has 0 aromatic carbocycles. The highest BCUT2D eigenvalue weighted by Gasteiger charge is 2.34. The maximum Gasteiger partial charge on any atom is 0.224 e. The Labute approximate surface area is 101 Å². The molecule has 5 heteroatoms. The van der Waals surface area contributed by atoms with E-state index in [0.717, 1.165) is 6.54 Å². The zero-order chi connectivity index (χ0) is 11.6. The average Bonchev–Trinajstić information content (AvgIpc) is 2.22. The largest absolute Gasteiger partial charge is 0.394 e. The van der Waals surface area contributed by atoms with Crippen molar-refractivity contribution in [2.45, 2.75) is 32.6 Å². The number of nitrogen functional groups attached to an aromatic ring is 1. The third-order valence-electron chi connectivity index (χ3n) is 3.58. The molecule has 0 spiro atoms. The summed E-state index contributed by atoms with van der Waals surface area (Å²) in [6, 6.07) is 0. The number of nitrogens with two attached hydrogens (primary N) is 1. The molecule has 2 rings (SSSR count). The summed E-state index contributed by atoms with van der Waals surface area (Å²) in [5.74, 6) is 0.653. The molecule has 0 bridgehead atoms. The van der Waals surface area contributed by atoms with Crippen LogP contribution in [-0.2, 0) is 0 Å². The van der Waals surface area contributed by atoms with Crippen molar-refractivity contribution in [1.29, 1.82) is 0 Å². The number of anilines is 2. The Kier molecular flexibility index (Phi) is 3.19. The highest BCUT2D eigenvalue weighted by molar-refractivity contribution is 6.28. The van der Waals surface area contributed by atoms with Gasteiger partial charge in [0, 0.05) is 6.54 Å². The van der Waals surface area contributed by atoms with Crippen molar-refractivity contribution in [3.8, 4) is 0 Å². The van der Waals surface area contributed by atoms with E-state index in [1.807, 2.05) is 0 Å². The molecule has 0 amide bonds. The van der Waals surface area contributed by atoms with Gasteiger partial charge in [-0.3, -0.25) is 0 Å². The van der Waals surface area contributed by atoms with Gasteiger partial charge in [-0.1, -0.05) is 13.3 Å². The number of nitrogens with zero attached hydrogens (tertiary/aromatic N) is 2. The van der Waals surface area contributed by atoms with Crippen molar-refractivity contribution in [3.05, 3.63) is 11.5 Å². The molecule has 88 valence electrons. The molecule has 0 atom stereocenters. The summed E-state index contributed by atoms with van der Waals surface area (Å²) < 4.78 is 0. The van der Waals surface area contributed by atoms with Gasteiger partial charge in [-0.05, 0) is 36.3 Å². The molecule has 0 aliphatic heterocycles. The molecule has 1 aliphatic carbocycles. The fourth-order valence-electron chi connectivity index (χ4n) is 2.11. The lowest BCUT2D eigenvalue weighted by Crippen LogP contribution is -2.36. The summed E-state index contributed by atoms with van der Waals surface area (Å²) in [7, 11) is 0. The van der Waals surface area contributed by atoms with Gasteiger partial charge < -0.3 is 11.1 Å². The van der Waals surface area contributed by atoms with Gasteiger partial charge in [-0.25, -0.2) is 4.98 Å². The number of hydrogen-bond acceptors (Lipinski definition) is 4. The lowest BCUT2D eigenvalue weighted by atomic mass is 9.67. The number of nitrogens with one attached hydrogen (secondary N) is 1. The van der Waals surface area contributed by atoms with E-state index < -0.39 is 0 Å². The van der Waals surface area contributed by atoms with Crippen LogP contribution in [0.15, 0.2) is 6.20 Å². The molecule has 3 N–H and O–H groups in total. The molecular formula is C11H17ClN4.